The highest BCUT2D eigenvalue weighted by molar-refractivity contribution is 6.05. The second-order valence-corrected chi connectivity index (χ2v) is 8.29. The van der Waals surface area contributed by atoms with Crippen LogP contribution in [0.15, 0.2) is 47.2 Å². The van der Waals surface area contributed by atoms with Crippen molar-refractivity contribution in [3.63, 3.8) is 0 Å². The number of fused-ring (bicyclic) bond motifs is 3. The van der Waals surface area contributed by atoms with Crippen LogP contribution in [0.3, 0.4) is 0 Å². The molecule has 0 bridgehead atoms. The summed E-state index contributed by atoms with van der Waals surface area (Å²) in [6.45, 7) is 8.79. The van der Waals surface area contributed by atoms with Crippen molar-refractivity contribution >= 4 is 21.9 Å². The Morgan fingerprint density at radius 3 is 2.59 bits per heavy atom. The van der Waals surface area contributed by atoms with Gasteiger partial charge in [-0.2, -0.15) is 0 Å². The van der Waals surface area contributed by atoms with Gasteiger partial charge in [-0.15, -0.1) is 0 Å². The van der Waals surface area contributed by atoms with E-state index in [1.54, 1.807) is 7.11 Å². The van der Waals surface area contributed by atoms with Gasteiger partial charge in [0.15, 0.2) is 0 Å². The monoisotopic (exact) mass is 427 g/mol. The highest BCUT2D eigenvalue weighted by Gasteiger charge is 2.21. The largest absolute Gasteiger partial charge is 0.496 e. The van der Waals surface area contributed by atoms with Gasteiger partial charge < -0.3 is 13.8 Å². The number of ether oxygens (including phenoxy) is 1. The smallest absolute Gasteiger partial charge is 0.141 e. The first-order chi connectivity index (χ1) is 15.5. The van der Waals surface area contributed by atoms with E-state index < -0.39 is 0 Å². The van der Waals surface area contributed by atoms with Crippen LogP contribution in [0.5, 0.6) is 5.75 Å². The zero-order chi connectivity index (χ0) is 22.4. The molecule has 0 amide bonds. The average molecular weight is 428 g/mol. The lowest BCUT2D eigenvalue weighted by molar-refractivity contribution is 0.393. The molecular weight excluding hydrogens is 402 g/mol. The number of benzene rings is 1. The molecule has 1 aromatic carbocycles. The van der Waals surface area contributed by atoms with Crippen LogP contribution in [-0.4, -0.2) is 31.8 Å². The minimum atomic E-state index is 0.254. The molecule has 0 radical (unpaired) electrons. The van der Waals surface area contributed by atoms with E-state index in [0.717, 1.165) is 61.8 Å². The fraction of sp³-hybridized carbons (Fsp3) is 0.280. The third kappa shape index (κ3) is 3.21. The van der Waals surface area contributed by atoms with E-state index in [0.29, 0.717) is 6.54 Å². The second-order valence-electron chi connectivity index (χ2n) is 8.29. The molecule has 7 heteroatoms. The quantitative estimate of drug-likeness (QED) is 0.372. The summed E-state index contributed by atoms with van der Waals surface area (Å²) in [5, 5.41) is 5.10. The van der Waals surface area contributed by atoms with E-state index in [1.165, 1.54) is 0 Å². The molecule has 0 saturated heterocycles. The molecule has 0 aliphatic rings. The molecular formula is C25H25N5O2. The van der Waals surface area contributed by atoms with Crippen molar-refractivity contribution in [1.29, 1.82) is 0 Å². The number of aryl methyl sites for hydroxylation is 2. The molecule has 0 unspecified atom stereocenters. The predicted octanol–water partition coefficient (Wildman–Crippen LogP) is 5.43. The van der Waals surface area contributed by atoms with Gasteiger partial charge in [0.1, 0.15) is 22.9 Å². The van der Waals surface area contributed by atoms with Gasteiger partial charge in [-0.25, -0.2) is 4.98 Å². The molecule has 5 rings (SSSR count). The maximum atomic E-state index is 5.81. The summed E-state index contributed by atoms with van der Waals surface area (Å²) < 4.78 is 13.5. The predicted molar refractivity (Wildman–Crippen MR) is 124 cm³/mol. The van der Waals surface area contributed by atoms with Gasteiger partial charge in [-0.05, 0) is 38.1 Å². The van der Waals surface area contributed by atoms with Crippen LogP contribution in [0.1, 0.15) is 42.7 Å². The van der Waals surface area contributed by atoms with E-state index >= 15 is 0 Å². The van der Waals surface area contributed by atoms with Crippen molar-refractivity contribution in [2.75, 3.05) is 7.11 Å². The minimum Gasteiger partial charge on any atom is -0.496 e. The molecule has 7 nitrogen and oxygen atoms in total. The number of aromatic nitrogens is 5. The van der Waals surface area contributed by atoms with Crippen molar-refractivity contribution < 1.29 is 9.26 Å². The molecule has 0 saturated carbocycles. The summed E-state index contributed by atoms with van der Waals surface area (Å²) in [5.41, 5.74) is 6.43. The van der Waals surface area contributed by atoms with Crippen LogP contribution in [-0.2, 0) is 6.54 Å². The van der Waals surface area contributed by atoms with E-state index in [9.17, 15) is 0 Å². The lowest BCUT2D eigenvalue weighted by Crippen LogP contribution is -2.08. The van der Waals surface area contributed by atoms with Crippen molar-refractivity contribution in [1.82, 2.24) is 24.7 Å². The van der Waals surface area contributed by atoms with Crippen molar-refractivity contribution in [2.24, 2.45) is 0 Å². The van der Waals surface area contributed by atoms with Crippen LogP contribution in [0.2, 0.25) is 0 Å². The van der Waals surface area contributed by atoms with Gasteiger partial charge in [0.25, 0.3) is 0 Å². The summed E-state index contributed by atoms with van der Waals surface area (Å²) in [6.07, 6.45) is 3.67. The van der Waals surface area contributed by atoms with Gasteiger partial charge in [0, 0.05) is 23.1 Å². The summed E-state index contributed by atoms with van der Waals surface area (Å²) in [5.74, 6) is 2.76. The Balaban J connectivity index is 1.80. The Labute approximate surface area is 186 Å². The summed E-state index contributed by atoms with van der Waals surface area (Å²) in [6, 6.07) is 10.1. The van der Waals surface area contributed by atoms with Crippen LogP contribution in [0.4, 0.5) is 0 Å². The first kappa shape index (κ1) is 20.2. The Hall–Kier alpha value is -3.74. The van der Waals surface area contributed by atoms with E-state index in [2.05, 4.69) is 28.6 Å². The summed E-state index contributed by atoms with van der Waals surface area (Å²) >= 11 is 0. The minimum absolute atomic E-state index is 0.254. The Morgan fingerprint density at radius 1 is 1.09 bits per heavy atom. The first-order valence-corrected chi connectivity index (χ1v) is 10.7. The highest BCUT2D eigenvalue weighted by Crippen LogP contribution is 2.39. The number of methoxy groups -OCH3 is 1. The van der Waals surface area contributed by atoms with Crippen molar-refractivity contribution in [2.45, 2.75) is 40.2 Å². The van der Waals surface area contributed by atoms with Gasteiger partial charge >= 0.3 is 0 Å². The molecule has 4 heterocycles. The summed E-state index contributed by atoms with van der Waals surface area (Å²) in [7, 11) is 1.68. The summed E-state index contributed by atoms with van der Waals surface area (Å²) in [4.78, 5) is 14.2. The molecule has 0 N–H and O–H groups in total. The van der Waals surface area contributed by atoms with Crippen LogP contribution < -0.4 is 4.74 Å². The second kappa shape index (κ2) is 7.75. The normalized spacial score (nSPS) is 11.7. The van der Waals surface area contributed by atoms with Gasteiger partial charge in [0.2, 0.25) is 0 Å². The topological polar surface area (TPSA) is 78.9 Å². The van der Waals surface area contributed by atoms with Crippen LogP contribution >= 0.6 is 0 Å². The SMILES string of the molecule is COc1cc2c(cc1-c1c(C)noc1C)ncc1nc(C(C)C)n(Cc3ccccn3)c12. The molecule has 4 aromatic heterocycles. The maximum absolute atomic E-state index is 5.81. The number of pyridine rings is 2. The van der Waals surface area contributed by atoms with Gasteiger partial charge in [-0.1, -0.05) is 25.1 Å². The lowest BCUT2D eigenvalue weighted by atomic mass is 10.0. The molecule has 0 fully saturated rings. The van der Waals surface area contributed by atoms with Crippen molar-refractivity contribution in [3.05, 3.63) is 65.7 Å². The van der Waals surface area contributed by atoms with Crippen LogP contribution in [0.25, 0.3) is 33.1 Å². The average Bonchev–Trinajstić information content (AvgIpc) is 3.33. The third-order valence-corrected chi connectivity index (χ3v) is 5.79. The number of rotatable bonds is 5. The Kier molecular flexibility index (Phi) is 4.89. The molecule has 0 atom stereocenters. The zero-order valence-corrected chi connectivity index (χ0v) is 18.9. The van der Waals surface area contributed by atoms with Gasteiger partial charge in [0.05, 0.1) is 47.8 Å². The van der Waals surface area contributed by atoms with Gasteiger partial charge in [-0.3, -0.25) is 9.97 Å². The molecule has 0 aliphatic heterocycles. The Bertz CT molecular complexity index is 1410. The third-order valence-electron chi connectivity index (χ3n) is 5.79. The molecule has 5 aromatic rings. The first-order valence-electron chi connectivity index (χ1n) is 10.7. The molecule has 32 heavy (non-hydrogen) atoms. The van der Waals surface area contributed by atoms with E-state index in [1.807, 2.05) is 56.6 Å². The molecule has 0 aliphatic carbocycles. The maximum Gasteiger partial charge on any atom is 0.141 e. The zero-order valence-electron chi connectivity index (χ0n) is 18.9. The highest BCUT2D eigenvalue weighted by atomic mass is 16.5. The van der Waals surface area contributed by atoms with Crippen molar-refractivity contribution in [3.8, 4) is 16.9 Å². The number of hydrogen-bond acceptors (Lipinski definition) is 6. The number of hydrogen-bond donors (Lipinski definition) is 0. The lowest BCUT2D eigenvalue weighted by Gasteiger charge is -2.14. The number of imidazole rings is 1. The van der Waals surface area contributed by atoms with Crippen LogP contribution in [0, 0.1) is 13.8 Å². The fourth-order valence-electron chi connectivity index (χ4n) is 4.34. The Morgan fingerprint density at radius 2 is 1.94 bits per heavy atom. The van der Waals surface area contributed by atoms with E-state index in [4.69, 9.17) is 19.2 Å². The molecule has 0 spiro atoms. The fourth-order valence-corrected chi connectivity index (χ4v) is 4.34. The standard InChI is InChI=1S/C25H25N5O2/c1-14(2)25-28-21-12-27-20-10-19(23-15(3)29-32-16(23)4)22(31-5)11-18(20)24(21)30(25)13-17-8-6-7-9-26-17/h6-12,14H,13H2,1-5H3. The van der Waals surface area contributed by atoms with E-state index in [-0.39, 0.29) is 5.92 Å². The number of nitrogens with zero attached hydrogens (tertiary/aromatic N) is 5. The molecule has 162 valence electrons.